The van der Waals surface area contributed by atoms with Crippen LogP contribution in [0.2, 0.25) is 0 Å². The van der Waals surface area contributed by atoms with Gasteiger partial charge in [-0.05, 0) is 12.1 Å². The van der Waals surface area contributed by atoms with E-state index in [0.717, 1.165) is 0 Å². The van der Waals surface area contributed by atoms with Crippen LogP contribution in [0.4, 0.5) is 5.69 Å². The largest absolute Gasteiger partial charge is 0.465 e. The Balaban J connectivity index is 2.07. The normalized spacial score (nSPS) is 10.2. The number of aliphatic hydroxyl groups excluding tert-OH is 1. The summed E-state index contributed by atoms with van der Waals surface area (Å²) in [5.41, 5.74) is 0.998. The number of rotatable bonds is 5. The minimum atomic E-state index is -0.533. The van der Waals surface area contributed by atoms with Crippen molar-refractivity contribution < 1.29 is 19.4 Å². The van der Waals surface area contributed by atoms with Crippen LogP contribution in [0.15, 0.2) is 30.5 Å². The maximum absolute atomic E-state index is 11.9. The fraction of sp³-hybridized carbons (Fsp3) is 0.231. The molecule has 1 aromatic carbocycles. The van der Waals surface area contributed by atoms with Crippen molar-refractivity contribution in [2.75, 3.05) is 12.4 Å². The molecule has 0 spiro atoms. The van der Waals surface area contributed by atoms with Gasteiger partial charge in [0.2, 0.25) is 5.91 Å². The number of nitrogens with zero attached hydrogens (tertiary/aromatic N) is 3. The van der Waals surface area contributed by atoms with Crippen LogP contribution in [-0.4, -0.2) is 39.1 Å². The number of aliphatic hydroxyl groups is 1. The van der Waals surface area contributed by atoms with Gasteiger partial charge in [0.1, 0.15) is 12.2 Å². The molecule has 0 aliphatic carbocycles. The van der Waals surface area contributed by atoms with Gasteiger partial charge >= 0.3 is 5.97 Å². The molecular formula is C13H14N4O4. The predicted octanol–water partition coefficient (Wildman–Crippen LogP) is 0.196. The summed E-state index contributed by atoms with van der Waals surface area (Å²) in [4.78, 5) is 23.5. The minimum Gasteiger partial charge on any atom is -0.465 e. The maximum atomic E-state index is 11.9. The molecule has 0 unspecified atom stereocenters. The average molecular weight is 290 g/mol. The van der Waals surface area contributed by atoms with Crippen molar-refractivity contribution in [1.82, 2.24) is 15.0 Å². The van der Waals surface area contributed by atoms with Gasteiger partial charge in [-0.15, -0.1) is 5.10 Å². The third-order valence-electron chi connectivity index (χ3n) is 2.66. The topological polar surface area (TPSA) is 106 Å². The van der Waals surface area contributed by atoms with Crippen LogP contribution in [0.1, 0.15) is 16.1 Å². The van der Waals surface area contributed by atoms with Crippen molar-refractivity contribution in [3.05, 3.63) is 41.7 Å². The molecule has 2 aromatic rings. The van der Waals surface area contributed by atoms with Gasteiger partial charge in [-0.3, -0.25) is 4.79 Å². The minimum absolute atomic E-state index is 0.0808. The quantitative estimate of drug-likeness (QED) is 0.762. The van der Waals surface area contributed by atoms with Crippen molar-refractivity contribution >= 4 is 17.6 Å². The lowest BCUT2D eigenvalue weighted by molar-refractivity contribution is -0.116. The molecule has 0 fully saturated rings. The van der Waals surface area contributed by atoms with Crippen LogP contribution in [0.3, 0.4) is 0 Å². The second kappa shape index (κ2) is 6.62. The van der Waals surface area contributed by atoms with Gasteiger partial charge in [-0.25, -0.2) is 9.48 Å². The summed E-state index contributed by atoms with van der Waals surface area (Å²) >= 11 is 0. The highest BCUT2D eigenvalue weighted by Gasteiger charge is 2.13. The number of benzene rings is 1. The highest BCUT2D eigenvalue weighted by Crippen LogP contribution is 2.15. The van der Waals surface area contributed by atoms with Crippen LogP contribution in [0.25, 0.3) is 0 Å². The van der Waals surface area contributed by atoms with Crippen molar-refractivity contribution in [2.45, 2.75) is 13.2 Å². The van der Waals surface area contributed by atoms with Crippen molar-refractivity contribution in [3.8, 4) is 0 Å². The van der Waals surface area contributed by atoms with Crippen molar-refractivity contribution in [3.63, 3.8) is 0 Å². The lowest BCUT2D eigenvalue weighted by Crippen LogP contribution is -2.20. The molecule has 0 atom stereocenters. The summed E-state index contributed by atoms with van der Waals surface area (Å²) < 4.78 is 5.94. The highest BCUT2D eigenvalue weighted by molar-refractivity contribution is 6.01. The molecule has 8 heteroatoms. The van der Waals surface area contributed by atoms with Crippen LogP contribution in [0, 0.1) is 0 Å². The first-order valence-corrected chi connectivity index (χ1v) is 6.11. The summed E-state index contributed by atoms with van der Waals surface area (Å²) in [6, 6.07) is 6.53. The molecule has 2 N–H and O–H groups in total. The highest BCUT2D eigenvalue weighted by atomic mass is 16.5. The Kier molecular flexibility index (Phi) is 4.62. The zero-order chi connectivity index (χ0) is 15.2. The number of ether oxygens (including phenoxy) is 1. The molecule has 2 rings (SSSR count). The number of hydrogen-bond donors (Lipinski definition) is 2. The van der Waals surface area contributed by atoms with Crippen molar-refractivity contribution in [1.29, 1.82) is 0 Å². The van der Waals surface area contributed by atoms with Crippen LogP contribution >= 0.6 is 0 Å². The van der Waals surface area contributed by atoms with E-state index in [-0.39, 0.29) is 24.6 Å². The summed E-state index contributed by atoms with van der Waals surface area (Å²) in [5.74, 6) is -0.907. The molecule has 8 nitrogen and oxygen atoms in total. The van der Waals surface area contributed by atoms with Gasteiger partial charge < -0.3 is 15.2 Å². The van der Waals surface area contributed by atoms with Gasteiger partial charge in [0.15, 0.2) is 0 Å². The van der Waals surface area contributed by atoms with E-state index < -0.39 is 5.97 Å². The molecular weight excluding hydrogens is 276 g/mol. The Morgan fingerprint density at radius 2 is 2.14 bits per heavy atom. The number of hydrogen-bond acceptors (Lipinski definition) is 6. The summed E-state index contributed by atoms with van der Waals surface area (Å²) in [7, 11) is 1.27. The number of nitrogens with one attached hydrogen (secondary N) is 1. The monoisotopic (exact) mass is 290 g/mol. The van der Waals surface area contributed by atoms with E-state index in [1.807, 2.05) is 0 Å². The number of anilines is 1. The van der Waals surface area contributed by atoms with Gasteiger partial charge in [-0.1, -0.05) is 17.3 Å². The molecule has 1 heterocycles. The molecule has 1 aromatic heterocycles. The van der Waals surface area contributed by atoms with E-state index in [0.29, 0.717) is 11.4 Å². The van der Waals surface area contributed by atoms with Crippen molar-refractivity contribution in [2.24, 2.45) is 0 Å². The number of carbonyl (C=O) groups excluding carboxylic acids is 2. The van der Waals surface area contributed by atoms with E-state index in [9.17, 15) is 9.59 Å². The first-order valence-electron chi connectivity index (χ1n) is 6.11. The van der Waals surface area contributed by atoms with Gasteiger partial charge in [-0.2, -0.15) is 0 Å². The lowest BCUT2D eigenvalue weighted by Gasteiger charge is -2.09. The number of esters is 1. The van der Waals surface area contributed by atoms with E-state index in [4.69, 9.17) is 5.11 Å². The maximum Gasteiger partial charge on any atom is 0.339 e. The van der Waals surface area contributed by atoms with Gasteiger partial charge in [0.05, 0.1) is 31.2 Å². The first-order chi connectivity index (χ1) is 10.1. The number of amides is 1. The summed E-state index contributed by atoms with van der Waals surface area (Å²) in [6.07, 6.45) is 1.46. The first kappa shape index (κ1) is 14.7. The fourth-order valence-corrected chi connectivity index (χ4v) is 1.71. The Hall–Kier alpha value is -2.74. The zero-order valence-corrected chi connectivity index (χ0v) is 11.3. The van der Waals surface area contributed by atoms with Crippen LogP contribution in [0.5, 0.6) is 0 Å². The van der Waals surface area contributed by atoms with E-state index in [1.54, 1.807) is 24.3 Å². The third kappa shape index (κ3) is 3.63. The molecule has 0 saturated heterocycles. The van der Waals surface area contributed by atoms with Crippen LogP contribution in [-0.2, 0) is 22.7 Å². The van der Waals surface area contributed by atoms with Gasteiger partial charge in [0, 0.05) is 0 Å². The predicted molar refractivity (Wildman–Crippen MR) is 72.4 cm³/mol. The summed E-state index contributed by atoms with van der Waals surface area (Å²) in [6.45, 7) is -0.324. The zero-order valence-electron chi connectivity index (χ0n) is 11.3. The molecule has 0 bridgehead atoms. The molecule has 1 amide bonds. The third-order valence-corrected chi connectivity index (χ3v) is 2.66. The Morgan fingerprint density at radius 3 is 2.81 bits per heavy atom. The molecule has 21 heavy (non-hydrogen) atoms. The number of carbonyl (C=O) groups is 2. The number of methoxy groups -OCH3 is 1. The number of para-hydroxylation sites is 1. The molecule has 0 aliphatic heterocycles. The standard InChI is InChI=1S/C13H14N4O4/c1-21-13(20)10-4-2-3-5-11(10)14-12(19)7-17-6-9(8-18)15-16-17/h2-6,18H,7-8H2,1H3,(H,14,19). The Bertz CT molecular complexity index is 653. The molecule has 0 radical (unpaired) electrons. The molecule has 0 saturated carbocycles. The van der Waals surface area contributed by atoms with Crippen LogP contribution < -0.4 is 5.32 Å². The lowest BCUT2D eigenvalue weighted by atomic mass is 10.2. The second-order valence-corrected chi connectivity index (χ2v) is 4.15. The van der Waals surface area contributed by atoms with E-state index in [2.05, 4.69) is 20.4 Å². The second-order valence-electron chi connectivity index (χ2n) is 4.15. The molecule has 110 valence electrons. The smallest absolute Gasteiger partial charge is 0.339 e. The fourth-order valence-electron chi connectivity index (χ4n) is 1.71. The van der Waals surface area contributed by atoms with Gasteiger partial charge in [0.25, 0.3) is 0 Å². The Morgan fingerprint density at radius 1 is 1.38 bits per heavy atom. The Labute approximate surface area is 120 Å². The SMILES string of the molecule is COC(=O)c1ccccc1NC(=O)Cn1cc(CO)nn1. The van der Waals surface area contributed by atoms with E-state index in [1.165, 1.54) is 18.0 Å². The molecule has 0 aliphatic rings. The summed E-state index contributed by atoms with van der Waals surface area (Å²) in [5, 5.41) is 18.8. The number of aromatic nitrogens is 3. The van der Waals surface area contributed by atoms with E-state index >= 15 is 0 Å². The average Bonchev–Trinajstić information content (AvgIpc) is 2.94.